The summed E-state index contributed by atoms with van der Waals surface area (Å²) in [4.78, 5) is 24.1. The minimum Gasteiger partial charge on any atom is -0.497 e. The van der Waals surface area contributed by atoms with Gasteiger partial charge in [0.05, 0.1) is 29.7 Å². The van der Waals surface area contributed by atoms with Crippen LogP contribution in [0, 0.1) is 15.9 Å². The van der Waals surface area contributed by atoms with Crippen LogP contribution in [0.3, 0.4) is 0 Å². The molecule has 1 amide bonds. The van der Waals surface area contributed by atoms with Crippen molar-refractivity contribution in [3.8, 4) is 5.75 Å². The number of ether oxygens (including phenoxy) is 1. The summed E-state index contributed by atoms with van der Waals surface area (Å²) in [5, 5.41) is 13.3. The van der Waals surface area contributed by atoms with E-state index in [1.165, 1.54) is 0 Å². The quantitative estimate of drug-likeness (QED) is 0.605. The molecule has 1 N–H and O–H groups in total. The molecule has 0 radical (unpaired) electrons. The second-order valence-corrected chi connectivity index (χ2v) is 5.88. The average Bonchev–Trinajstić information content (AvgIpc) is 2.61. The number of nitro groups is 1. The largest absolute Gasteiger partial charge is 0.497 e. The Morgan fingerprint density at radius 1 is 1.27 bits per heavy atom. The first-order chi connectivity index (χ1) is 12.3. The fourth-order valence-corrected chi connectivity index (χ4v) is 2.51. The minimum absolute atomic E-state index is 0.133. The Bertz CT molecular complexity index is 794. The van der Waals surface area contributed by atoms with E-state index in [-0.39, 0.29) is 18.2 Å². The minimum atomic E-state index is -0.928. The molecule has 0 spiro atoms. The molecule has 0 heterocycles. The first kappa shape index (κ1) is 19.3. The van der Waals surface area contributed by atoms with Gasteiger partial charge in [0, 0.05) is 12.6 Å². The van der Waals surface area contributed by atoms with Crippen molar-refractivity contribution in [3.05, 3.63) is 69.5 Å². The van der Waals surface area contributed by atoms with E-state index in [2.05, 4.69) is 5.32 Å². The number of amides is 1. The second kappa shape index (κ2) is 8.39. The van der Waals surface area contributed by atoms with Crippen molar-refractivity contribution in [2.24, 2.45) is 0 Å². The molecule has 0 fully saturated rings. The van der Waals surface area contributed by atoms with Crippen molar-refractivity contribution in [2.75, 3.05) is 27.7 Å². The van der Waals surface area contributed by atoms with Crippen LogP contribution in [0.1, 0.15) is 22.0 Å². The first-order valence-corrected chi connectivity index (χ1v) is 7.86. The molecule has 2 aromatic rings. The number of benzene rings is 2. The zero-order valence-corrected chi connectivity index (χ0v) is 14.7. The Labute approximate surface area is 150 Å². The summed E-state index contributed by atoms with van der Waals surface area (Å²) in [5.74, 6) is -0.830. The average molecular weight is 361 g/mol. The predicted octanol–water partition coefficient (Wildman–Crippen LogP) is 2.78. The van der Waals surface area contributed by atoms with Gasteiger partial charge in [-0.05, 0) is 37.9 Å². The van der Waals surface area contributed by atoms with E-state index in [0.717, 1.165) is 29.5 Å². The van der Waals surface area contributed by atoms with Crippen LogP contribution >= 0.6 is 0 Å². The molecular formula is C18H20FN3O4. The number of likely N-dealkylation sites (N-methyl/N-ethyl adjacent to an activating group) is 1. The number of hydrogen-bond acceptors (Lipinski definition) is 5. The van der Waals surface area contributed by atoms with Crippen LogP contribution < -0.4 is 10.1 Å². The molecule has 0 aromatic heterocycles. The molecule has 0 bridgehead atoms. The number of nitro benzene ring substituents is 1. The smallest absolute Gasteiger partial charge is 0.272 e. The van der Waals surface area contributed by atoms with E-state index in [1.54, 1.807) is 7.11 Å². The van der Waals surface area contributed by atoms with Crippen molar-refractivity contribution in [1.29, 1.82) is 0 Å². The lowest BCUT2D eigenvalue weighted by Gasteiger charge is -2.25. The van der Waals surface area contributed by atoms with Gasteiger partial charge in [0.15, 0.2) is 0 Å². The van der Waals surface area contributed by atoms with Gasteiger partial charge in [0.2, 0.25) is 0 Å². The van der Waals surface area contributed by atoms with Crippen molar-refractivity contribution in [3.63, 3.8) is 0 Å². The topological polar surface area (TPSA) is 84.7 Å². The molecule has 1 unspecified atom stereocenters. The summed E-state index contributed by atoms with van der Waals surface area (Å²) in [6.07, 6.45) is 0. The van der Waals surface area contributed by atoms with Gasteiger partial charge in [-0.1, -0.05) is 12.1 Å². The molecule has 2 rings (SSSR count). The van der Waals surface area contributed by atoms with E-state index in [1.807, 2.05) is 43.3 Å². The molecule has 1 atom stereocenters. The molecule has 0 aliphatic carbocycles. The van der Waals surface area contributed by atoms with E-state index >= 15 is 0 Å². The first-order valence-electron chi connectivity index (χ1n) is 7.86. The summed E-state index contributed by atoms with van der Waals surface area (Å²) in [7, 11) is 5.32. The van der Waals surface area contributed by atoms with Crippen molar-refractivity contribution in [1.82, 2.24) is 10.2 Å². The summed E-state index contributed by atoms with van der Waals surface area (Å²) >= 11 is 0. The van der Waals surface area contributed by atoms with Gasteiger partial charge in [-0.2, -0.15) is 0 Å². The number of hydrogen-bond donors (Lipinski definition) is 1. The van der Waals surface area contributed by atoms with Crippen LogP contribution in [0.25, 0.3) is 0 Å². The molecule has 0 aliphatic heterocycles. The fraction of sp³-hybridized carbons (Fsp3) is 0.278. The van der Waals surface area contributed by atoms with Gasteiger partial charge < -0.3 is 15.0 Å². The molecule has 0 aliphatic rings. The zero-order valence-electron chi connectivity index (χ0n) is 14.7. The van der Waals surface area contributed by atoms with Gasteiger partial charge in [-0.3, -0.25) is 14.9 Å². The third-order valence-corrected chi connectivity index (χ3v) is 3.99. The lowest BCUT2D eigenvalue weighted by Crippen LogP contribution is -2.34. The maximum Gasteiger partial charge on any atom is 0.272 e. The highest BCUT2D eigenvalue weighted by Gasteiger charge is 2.19. The summed E-state index contributed by atoms with van der Waals surface area (Å²) in [5.41, 5.74) is 0.326. The third-order valence-electron chi connectivity index (χ3n) is 3.99. The van der Waals surface area contributed by atoms with Gasteiger partial charge in [-0.15, -0.1) is 0 Å². The number of methoxy groups -OCH3 is 1. The molecule has 8 heteroatoms. The number of nitrogens with one attached hydrogen (secondary N) is 1. The molecule has 0 saturated carbocycles. The van der Waals surface area contributed by atoms with Crippen LogP contribution in [0.5, 0.6) is 5.75 Å². The maximum atomic E-state index is 14.0. The van der Waals surface area contributed by atoms with E-state index in [4.69, 9.17) is 4.74 Å². The summed E-state index contributed by atoms with van der Waals surface area (Å²) < 4.78 is 19.1. The lowest BCUT2D eigenvalue weighted by molar-refractivity contribution is -0.385. The number of non-ortho nitro benzene ring substituents is 1. The van der Waals surface area contributed by atoms with Gasteiger partial charge in [-0.25, -0.2) is 4.39 Å². The number of halogens is 1. The van der Waals surface area contributed by atoms with Gasteiger partial charge in [0.1, 0.15) is 11.6 Å². The van der Waals surface area contributed by atoms with E-state index < -0.39 is 22.3 Å². The highest BCUT2D eigenvalue weighted by Crippen LogP contribution is 2.21. The molecule has 2 aromatic carbocycles. The standard InChI is InChI=1S/C18H20FN3O4/c1-21(2)17(12-4-7-14(26-3)8-5-12)11-20-18(23)15-9-6-13(22(24)25)10-16(15)19/h4-10,17H,11H2,1-3H3,(H,20,23). The summed E-state index contributed by atoms with van der Waals surface area (Å²) in [6, 6.07) is 10.2. The fourth-order valence-electron chi connectivity index (χ4n) is 2.51. The Hall–Kier alpha value is -3.00. The van der Waals surface area contributed by atoms with Crippen LogP contribution in [-0.4, -0.2) is 43.5 Å². The summed E-state index contributed by atoms with van der Waals surface area (Å²) in [6.45, 7) is 0.245. The molecule has 26 heavy (non-hydrogen) atoms. The second-order valence-electron chi connectivity index (χ2n) is 5.88. The van der Waals surface area contributed by atoms with Crippen LogP contribution in [0.15, 0.2) is 42.5 Å². The number of rotatable bonds is 7. The normalized spacial score (nSPS) is 11.9. The van der Waals surface area contributed by atoms with Crippen LogP contribution in [-0.2, 0) is 0 Å². The molecule has 0 saturated heterocycles. The highest BCUT2D eigenvalue weighted by molar-refractivity contribution is 5.94. The Morgan fingerprint density at radius 2 is 1.92 bits per heavy atom. The number of carbonyl (C=O) groups is 1. The lowest BCUT2D eigenvalue weighted by atomic mass is 10.1. The number of carbonyl (C=O) groups excluding carboxylic acids is 1. The van der Waals surface area contributed by atoms with Crippen molar-refractivity contribution < 1.29 is 18.8 Å². The Kier molecular flexibility index (Phi) is 6.24. The highest BCUT2D eigenvalue weighted by atomic mass is 19.1. The Balaban J connectivity index is 2.11. The maximum absolute atomic E-state index is 14.0. The van der Waals surface area contributed by atoms with Crippen LogP contribution in [0.4, 0.5) is 10.1 Å². The number of nitrogens with zero attached hydrogens (tertiary/aromatic N) is 2. The molecule has 138 valence electrons. The van der Waals surface area contributed by atoms with E-state index in [0.29, 0.717) is 0 Å². The van der Waals surface area contributed by atoms with Crippen molar-refractivity contribution in [2.45, 2.75) is 6.04 Å². The van der Waals surface area contributed by atoms with Gasteiger partial charge >= 0.3 is 0 Å². The molecular weight excluding hydrogens is 341 g/mol. The van der Waals surface area contributed by atoms with Gasteiger partial charge in [0.25, 0.3) is 11.6 Å². The Morgan fingerprint density at radius 3 is 2.42 bits per heavy atom. The van der Waals surface area contributed by atoms with E-state index in [9.17, 15) is 19.3 Å². The monoisotopic (exact) mass is 361 g/mol. The molecule has 7 nitrogen and oxygen atoms in total. The SMILES string of the molecule is COc1ccc(C(CNC(=O)c2ccc([N+](=O)[O-])cc2F)N(C)C)cc1. The van der Waals surface area contributed by atoms with Crippen molar-refractivity contribution >= 4 is 11.6 Å². The van der Waals surface area contributed by atoms with Crippen LogP contribution in [0.2, 0.25) is 0 Å². The predicted molar refractivity (Wildman–Crippen MR) is 94.8 cm³/mol. The third kappa shape index (κ3) is 4.54. The zero-order chi connectivity index (χ0) is 19.3.